The summed E-state index contributed by atoms with van der Waals surface area (Å²) >= 11 is 3.56. The van der Waals surface area contributed by atoms with Crippen molar-refractivity contribution in [1.29, 1.82) is 0 Å². The molecule has 3 aliphatic rings. The number of alkyl halides is 1. The summed E-state index contributed by atoms with van der Waals surface area (Å²) in [7, 11) is 0. The average molecular weight is 277 g/mol. The van der Waals surface area contributed by atoms with Crippen LogP contribution in [0.2, 0.25) is 0 Å². The number of ether oxygens (including phenoxy) is 2. The van der Waals surface area contributed by atoms with E-state index >= 15 is 0 Å². The zero-order valence-corrected chi connectivity index (χ0v) is 9.77. The summed E-state index contributed by atoms with van der Waals surface area (Å²) in [5.41, 5.74) is 0. The second kappa shape index (κ2) is 3.18. The van der Waals surface area contributed by atoms with Crippen LogP contribution >= 0.6 is 15.9 Å². The first-order valence-corrected chi connectivity index (χ1v) is 6.20. The van der Waals surface area contributed by atoms with Crippen LogP contribution in [0.25, 0.3) is 0 Å². The summed E-state index contributed by atoms with van der Waals surface area (Å²) in [5.74, 6) is -1.40. The molecule has 5 heteroatoms. The minimum atomic E-state index is -0.706. The second-order valence-electron chi connectivity index (χ2n) is 4.60. The maximum atomic E-state index is 11.2. The van der Waals surface area contributed by atoms with Crippen molar-refractivity contribution in [3.63, 3.8) is 0 Å². The smallest absolute Gasteiger partial charge is 0.307 e. The summed E-state index contributed by atoms with van der Waals surface area (Å²) in [6.45, 7) is 1.20. The van der Waals surface area contributed by atoms with Crippen molar-refractivity contribution in [2.24, 2.45) is 17.8 Å². The molecular formula is C10H13BrO4. The van der Waals surface area contributed by atoms with Crippen molar-refractivity contribution in [1.82, 2.24) is 0 Å². The van der Waals surface area contributed by atoms with E-state index in [4.69, 9.17) is 9.47 Å². The van der Waals surface area contributed by atoms with Crippen LogP contribution in [0.3, 0.4) is 0 Å². The molecule has 3 fully saturated rings. The first-order valence-electron chi connectivity index (χ1n) is 5.29. The summed E-state index contributed by atoms with van der Waals surface area (Å²) in [6, 6.07) is 0. The molecule has 1 saturated heterocycles. The van der Waals surface area contributed by atoms with Gasteiger partial charge in [-0.15, -0.1) is 0 Å². The Morgan fingerprint density at radius 3 is 2.60 bits per heavy atom. The maximum Gasteiger partial charge on any atom is 0.307 e. The van der Waals surface area contributed by atoms with Crippen LogP contribution in [-0.4, -0.2) is 34.9 Å². The van der Waals surface area contributed by atoms with Crippen LogP contribution < -0.4 is 0 Å². The van der Waals surface area contributed by atoms with Gasteiger partial charge in [0, 0.05) is 17.2 Å². The summed E-state index contributed by atoms with van der Waals surface area (Å²) in [5, 5.41) is 9.22. The third-order valence-corrected chi connectivity index (χ3v) is 5.04. The molecule has 0 radical (unpaired) electrons. The van der Waals surface area contributed by atoms with E-state index in [1.165, 1.54) is 0 Å². The molecule has 0 aromatic rings. The fourth-order valence-electron chi connectivity index (χ4n) is 3.43. The van der Waals surface area contributed by atoms with Crippen molar-refractivity contribution < 1.29 is 19.4 Å². The third kappa shape index (κ3) is 1.23. The predicted molar refractivity (Wildman–Crippen MR) is 54.7 cm³/mol. The first-order chi connectivity index (χ1) is 7.14. The third-order valence-electron chi connectivity index (χ3n) is 3.98. The lowest BCUT2D eigenvalue weighted by molar-refractivity contribution is -0.194. The zero-order chi connectivity index (χ0) is 10.6. The highest BCUT2D eigenvalue weighted by molar-refractivity contribution is 9.09. The Bertz CT molecular complexity index is 300. The van der Waals surface area contributed by atoms with Gasteiger partial charge in [-0.05, 0) is 12.3 Å². The Hall–Kier alpha value is -0.130. The molecule has 1 aliphatic heterocycles. The Morgan fingerprint density at radius 1 is 1.40 bits per heavy atom. The zero-order valence-electron chi connectivity index (χ0n) is 8.19. The Labute approximate surface area is 96.1 Å². The molecule has 4 atom stereocenters. The van der Waals surface area contributed by atoms with Gasteiger partial charge in [0.05, 0.1) is 19.1 Å². The van der Waals surface area contributed by atoms with Crippen LogP contribution in [0.5, 0.6) is 0 Å². The highest BCUT2D eigenvalue weighted by atomic mass is 79.9. The van der Waals surface area contributed by atoms with Crippen molar-refractivity contribution in [3.8, 4) is 0 Å². The quantitative estimate of drug-likeness (QED) is 0.732. The molecule has 15 heavy (non-hydrogen) atoms. The van der Waals surface area contributed by atoms with Crippen LogP contribution in [0.1, 0.15) is 12.8 Å². The first kappa shape index (κ1) is 10.1. The number of hydrogen-bond acceptors (Lipinski definition) is 3. The van der Waals surface area contributed by atoms with Gasteiger partial charge in [-0.25, -0.2) is 0 Å². The summed E-state index contributed by atoms with van der Waals surface area (Å²) in [6.07, 6.45) is 1.58. The Kier molecular flexibility index (Phi) is 2.13. The molecule has 1 heterocycles. The summed E-state index contributed by atoms with van der Waals surface area (Å²) in [4.78, 5) is 11.5. The number of fused-ring (bicyclic) bond motifs is 3. The predicted octanol–water partition coefficient (Wildman–Crippen LogP) is 1.23. The van der Waals surface area contributed by atoms with Crippen molar-refractivity contribution in [3.05, 3.63) is 0 Å². The van der Waals surface area contributed by atoms with Crippen molar-refractivity contribution >= 4 is 21.9 Å². The van der Waals surface area contributed by atoms with E-state index in [0.717, 1.165) is 12.8 Å². The lowest BCUT2D eigenvalue weighted by atomic mass is 9.93. The molecule has 0 unspecified atom stereocenters. The molecule has 2 saturated carbocycles. The molecule has 84 valence electrons. The van der Waals surface area contributed by atoms with Gasteiger partial charge >= 0.3 is 5.97 Å². The molecule has 1 spiro atoms. The number of hydrogen-bond donors (Lipinski definition) is 1. The van der Waals surface area contributed by atoms with Gasteiger partial charge in [0.15, 0.2) is 5.79 Å². The molecule has 2 aliphatic carbocycles. The van der Waals surface area contributed by atoms with Crippen LogP contribution in [-0.2, 0) is 14.3 Å². The Morgan fingerprint density at radius 2 is 2.07 bits per heavy atom. The van der Waals surface area contributed by atoms with E-state index in [0.29, 0.717) is 18.0 Å². The SMILES string of the molecule is O=C(O)[C@@H]1[C@H]2CC3(OCCO3)[C@@H]1C[C@H]2Br. The number of aliphatic carboxylic acids is 1. The van der Waals surface area contributed by atoms with Crippen LogP contribution in [0, 0.1) is 17.8 Å². The van der Waals surface area contributed by atoms with Gasteiger partial charge in [0.25, 0.3) is 0 Å². The maximum absolute atomic E-state index is 11.2. The van der Waals surface area contributed by atoms with Gasteiger partial charge < -0.3 is 14.6 Å². The average Bonchev–Trinajstić information content (AvgIpc) is 2.81. The molecule has 3 rings (SSSR count). The van der Waals surface area contributed by atoms with E-state index in [1.807, 2.05) is 0 Å². The van der Waals surface area contributed by atoms with Crippen LogP contribution in [0.15, 0.2) is 0 Å². The number of halogens is 1. The fourth-order valence-corrected chi connectivity index (χ4v) is 4.35. The minimum Gasteiger partial charge on any atom is -0.481 e. The highest BCUT2D eigenvalue weighted by Crippen LogP contribution is 2.59. The van der Waals surface area contributed by atoms with Gasteiger partial charge in [-0.1, -0.05) is 15.9 Å². The topological polar surface area (TPSA) is 55.8 Å². The summed E-state index contributed by atoms with van der Waals surface area (Å²) < 4.78 is 11.3. The van der Waals surface area contributed by atoms with Gasteiger partial charge in [0.1, 0.15) is 0 Å². The number of carbonyl (C=O) groups is 1. The molecule has 0 aromatic heterocycles. The van der Waals surface area contributed by atoms with E-state index in [2.05, 4.69) is 15.9 Å². The molecule has 2 bridgehead atoms. The lowest BCUT2D eigenvalue weighted by Crippen LogP contribution is -2.39. The number of carboxylic acid groups (broad SMARTS) is 1. The number of carboxylic acids is 1. The number of rotatable bonds is 1. The van der Waals surface area contributed by atoms with Gasteiger partial charge in [0.2, 0.25) is 0 Å². The van der Waals surface area contributed by atoms with E-state index in [-0.39, 0.29) is 17.8 Å². The molecular weight excluding hydrogens is 264 g/mol. The van der Waals surface area contributed by atoms with Gasteiger partial charge in [-0.3, -0.25) is 4.79 Å². The Balaban J connectivity index is 1.92. The lowest BCUT2D eigenvalue weighted by Gasteiger charge is -2.33. The second-order valence-corrected chi connectivity index (χ2v) is 5.78. The van der Waals surface area contributed by atoms with E-state index in [9.17, 15) is 9.90 Å². The largest absolute Gasteiger partial charge is 0.481 e. The van der Waals surface area contributed by atoms with Crippen molar-refractivity contribution in [2.45, 2.75) is 23.5 Å². The fraction of sp³-hybridized carbons (Fsp3) is 0.900. The minimum absolute atomic E-state index is 0.0203. The molecule has 1 N–H and O–H groups in total. The van der Waals surface area contributed by atoms with Crippen molar-refractivity contribution in [2.75, 3.05) is 13.2 Å². The molecule has 4 nitrogen and oxygen atoms in total. The highest BCUT2D eigenvalue weighted by Gasteiger charge is 2.65. The van der Waals surface area contributed by atoms with Gasteiger partial charge in [-0.2, -0.15) is 0 Å². The molecule has 0 aromatic carbocycles. The van der Waals surface area contributed by atoms with Crippen LogP contribution in [0.4, 0.5) is 0 Å². The van der Waals surface area contributed by atoms with E-state index in [1.54, 1.807) is 0 Å². The normalized spacial score (nSPS) is 46.5. The standard InChI is InChI=1S/C10H13BrO4/c11-7-3-6-8(9(12)13)5(7)4-10(6)14-1-2-15-10/h5-8H,1-4H2,(H,12,13)/t5-,6+,7+,8+/m0/s1. The monoisotopic (exact) mass is 276 g/mol. The van der Waals surface area contributed by atoms with E-state index < -0.39 is 11.8 Å². The molecule has 0 amide bonds.